The van der Waals surface area contributed by atoms with Crippen molar-refractivity contribution in [2.24, 2.45) is 17.6 Å². The first-order valence-electron chi connectivity index (χ1n) is 6.81. The minimum Gasteiger partial charge on any atom is -0.330 e. The van der Waals surface area contributed by atoms with Gasteiger partial charge in [0.2, 0.25) is 0 Å². The van der Waals surface area contributed by atoms with Crippen LogP contribution in [-0.2, 0) is 0 Å². The lowest BCUT2D eigenvalue weighted by Gasteiger charge is -2.20. The Morgan fingerprint density at radius 1 is 1.07 bits per heavy atom. The van der Waals surface area contributed by atoms with E-state index < -0.39 is 0 Å². The number of rotatable bonds is 5. The Morgan fingerprint density at radius 3 is 2.60 bits per heavy atom. The average Bonchev–Trinajstić information content (AvgIpc) is 2.87. The molecular weight excluding hydrogens is 184 g/mol. The Balaban J connectivity index is 1.63. The molecule has 2 nitrogen and oxygen atoms in total. The smallest absolute Gasteiger partial charge is 0.00103 e. The van der Waals surface area contributed by atoms with Crippen molar-refractivity contribution in [1.82, 2.24) is 4.90 Å². The van der Waals surface area contributed by atoms with Crippen molar-refractivity contribution in [3.05, 3.63) is 0 Å². The lowest BCUT2D eigenvalue weighted by atomic mass is 10.0. The summed E-state index contributed by atoms with van der Waals surface area (Å²) in [6.07, 6.45) is 9.95. The van der Waals surface area contributed by atoms with Crippen LogP contribution in [0.4, 0.5) is 0 Å². The largest absolute Gasteiger partial charge is 0.330 e. The fourth-order valence-corrected chi connectivity index (χ4v) is 3.28. The van der Waals surface area contributed by atoms with Crippen LogP contribution < -0.4 is 5.73 Å². The summed E-state index contributed by atoms with van der Waals surface area (Å²) in [6.45, 7) is 4.97. The molecular formula is C13H26N2. The van der Waals surface area contributed by atoms with E-state index >= 15 is 0 Å². The number of nitrogens with zero attached hydrogens (tertiary/aromatic N) is 1. The van der Waals surface area contributed by atoms with Gasteiger partial charge in [-0.3, -0.25) is 0 Å². The highest BCUT2D eigenvalue weighted by Gasteiger charge is 2.25. The maximum atomic E-state index is 5.56. The molecule has 88 valence electrons. The maximum Gasteiger partial charge on any atom is 0.00103 e. The molecule has 2 fully saturated rings. The van der Waals surface area contributed by atoms with Crippen LogP contribution in [0.15, 0.2) is 0 Å². The average molecular weight is 210 g/mol. The normalized spacial score (nSPS) is 29.0. The van der Waals surface area contributed by atoms with Gasteiger partial charge in [-0.1, -0.05) is 12.8 Å². The molecule has 0 spiro atoms. The zero-order valence-corrected chi connectivity index (χ0v) is 9.96. The fraction of sp³-hybridized carbons (Fsp3) is 1.00. The van der Waals surface area contributed by atoms with E-state index in [0.29, 0.717) is 0 Å². The molecule has 2 heteroatoms. The van der Waals surface area contributed by atoms with Crippen molar-refractivity contribution in [2.75, 3.05) is 26.2 Å². The molecule has 1 atom stereocenters. The highest BCUT2D eigenvalue weighted by Crippen LogP contribution is 2.28. The van der Waals surface area contributed by atoms with E-state index in [-0.39, 0.29) is 0 Å². The molecule has 0 aromatic heterocycles. The Hall–Kier alpha value is -0.0800. The van der Waals surface area contributed by atoms with Gasteiger partial charge in [0.05, 0.1) is 0 Å². The van der Waals surface area contributed by atoms with E-state index in [1.54, 1.807) is 0 Å². The van der Waals surface area contributed by atoms with Gasteiger partial charge in [0.25, 0.3) is 0 Å². The summed E-state index contributed by atoms with van der Waals surface area (Å²) in [5.74, 6) is 1.98. The predicted molar refractivity (Wildman–Crippen MR) is 64.8 cm³/mol. The van der Waals surface area contributed by atoms with Crippen molar-refractivity contribution >= 4 is 0 Å². The number of hydrogen-bond donors (Lipinski definition) is 1. The first kappa shape index (κ1) is 11.4. The van der Waals surface area contributed by atoms with Crippen LogP contribution in [0.1, 0.15) is 44.9 Å². The van der Waals surface area contributed by atoms with E-state index in [1.807, 2.05) is 0 Å². The summed E-state index contributed by atoms with van der Waals surface area (Å²) < 4.78 is 0. The molecule has 1 saturated carbocycles. The molecule has 0 radical (unpaired) electrons. The van der Waals surface area contributed by atoms with Gasteiger partial charge in [-0.2, -0.15) is 0 Å². The molecule has 1 aliphatic carbocycles. The van der Waals surface area contributed by atoms with Crippen LogP contribution in [0, 0.1) is 11.8 Å². The number of likely N-dealkylation sites (tertiary alicyclic amines) is 1. The highest BCUT2D eigenvalue weighted by molar-refractivity contribution is 4.79. The zero-order valence-electron chi connectivity index (χ0n) is 9.96. The van der Waals surface area contributed by atoms with Crippen molar-refractivity contribution < 1.29 is 0 Å². The van der Waals surface area contributed by atoms with Gasteiger partial charge in [-0.15, -0.1) is 0 Å². The highest BCUT2D eigenvalue weighted by atomic mass is 15.1. The molecule has 2 aliphatic rings. The zero-order chi connectivity index (χ0) is 10.5. The second kappa shape index (κ2) is 5.86. The van der Waals surface area contributed by atoms with E-state index in [4.69, 9.17) is 5.73 Å². The third kappa shape index (κ3) is 3.46. The Morgan fingerprint density at radius 2 is 1.87 bits per heavy atom. The Bertz CT molecular complexity index is 175. The van der Waals surface area contributed by atoms with E-state index in [1.165, 1.54) is 64.6 Å². The summed E-state index contributed by atoms with van der Waals surface area (Å²) >= 11 is 0. The first-order valence-corrected chi connectivity index (χ1v) is 6.81. The lowest BCUT2D eigenvalue weighted by molar-refractivity contribution is 0.268. The Kier molecular flexibility index (Phi) is 4.45. The SMILES string of the molecule is NCCCC1CCN(CC2CCCC2)C1. The van der Waals surface area contributed by atoms with E-state index in [0.717, 1.165) is 18.4 Å². The minimum absolute atomic E-state index is 0.874. The second-order valence-electron chi connectivity index (χ2n) is 5.50. The topological polar surface area (TPSA) is 29.3 Å². The third-order valence-electron chi connectivity index (χ3n) is 4.18. The van der Waals surface area contributed by atoms with Gasteiger partial charge in [0.1, 0.15) is 0 Å². The van der Waals surface area contributed by atoms with E-state index in [2.05, 4.69) is 4.90 Å². The molecule has 0 amide bonds. The van der Waals surface area contributed by atoms with Crippen molar-refractivity contribution in [1.29, 1.82) is 0 Å². The predicted octanol–water partition coefficient (Wildman–Crippen LogP) is 2.24. The van der Waals surface area contributed by atoms with Crippen LogP contribution >= 0.6 is 0 Å². The van der Waals surface area contributed by atoms with Crippen LogP contribution in [0.25, 0.3) is 0 Å². The maximum absolute atomic E-state index is 5.56. The monoisotopic (exact) mass is 210 g/mol. The summed E-state index contributed by atoms with van der Waals surface area (Å²) in [4.78, 5) is 2.71. The molecule has 0 bridgehead atoms. The van der Waals surface area contributed by atoms with Crippen molar-refractivity contribution in [3.63, 3.8) is 0 Å². The van der Waals surface area contributed by atoms with Gasteiger partial charge in [-0.05, 0) is 57.0 Å². The van der Waals surface area contributed by atoms with Gasteiger partial charge in [0.15, 0.2) is 0 Å². The fourth-order valence-electron chi connectivity index (χ4n) is 3.28. The van der Waals surface area contributed by atoms with Crippen LogP contribution in [0.5, 0.6) is 0 Å². The summed E-state index contributed by atoms with van der Waals surface area (Å²) in [7, 11) is 0. The summed E-state index contributed by atoms with van der Waals surface area (Å²) in [5.41, 5.74) is 5.56. The summed E-state index contributed by atoms with van der Waals surface area (Å²) in [5, 5.41) is 0. The van der Waals surface area contributed by atoms with Gasteiger partial charge in [0, 0.05) is 13.1 Å². The number of nitrogens with two attached hydrogens (primary N) is 1. The molecule has 15 heavy (non-hydrogen) atoms. The molecule has 2 N–H and O–H groups in total. The molecule has 0 aromatic rings. The van der Waals surface area contributed by atoms with Crippen molar-refractivity contribution in [2.45, 2.75) is 44.9 Å². The first-order chi connectivity index (χ1) is 7.38. The standard InChI is InChI=1S/C13H26N2/c14-8-3-6-13-7-9-15(11-13)10-12-4-1-2-5-12/h12-13H,1-11,14H2. The molecule has 1 heterocycles. The molecule has 1 unspecified atom stereocenters. The number of hydrogen-bond acceptors (Lipinski definition) is 2. The van der Waals surface area contributed by atoms with E-state index in [9.17, 15) is 0 Å². The van der Waals surface area contributed by atoms with Gasteiger partial charge < -0.3 is 10.6 Å². The molecule has 1 saturated heterocycles. The van der Waals surface area contributed by atoms with Gasteiger partial charge >= 0.3 is 0 Å². The van der Waals surface area contributed by atoms with Gasteiger partial charge in [-0.25, -0.2) is 0 Å². The quantitative estimate of drug-likeness (QED) is 0.754. The third-order valence-corrected chi connectivity index (χ3v) is 4.18. The Labute approximate surface area is 94.2 Å². The van der Waals surface area contributed by atoms with Crippen LogP contribution in [-0.4, -0.2) is 31.1 Å². The minimum atomic E-state index is 0.874. The van der Waals surface area contributed by atoms with Crippen LogP contribution in [0.3, 0.4) is 0 Å². The molecule has 2 rings (SSSR count). The van der Waals surface area contributed by atoms with Crippen molar-refractivity contribution in [3.8, 4) is 0 Å². The molecule has 1 aliphatic heterocycles. The second-order valence-corrected chi connectivity index (χ2v) is 5.50. The molecule has 0 aromatic carbocycles. The van der Waals surface area contributed by atoms with Crippen LogP contribution in [0.2, 0.25) is 0 Å². The summed E-state index contributed by atoms with van der Waals surface area (Å²) in [6, 6.07) is 0. The lowest BCUT2D eigenvalue weighted by Crippen LogP contribution is -2.26.